The van der Waals surface area contributed by atoms with Crippen LogP contribution in [0.3, 0.4) is 0 Å². The molecule has 5 nitrogen and oxygen atoms in total. The van der Waals surface area contributed by atoms with Gasteiger partial charge in [-0.1, -0.05) is 0 Å². The summed E-state index contributed by atoms with van der Waals surface area (Å²) in [5.41, 5.74) is 0.336. The number of aromatic nitrogens is 1. The molecule has 0 fully saturated rings. The topological polar surface area (TPSA) is 63.2 Å². The molecule has 0 unspecified atom stereocenters. The van der Waals surface area contributed by atoms with Gasteiger partial charge < -0.3 is 15.4 Å². The van der Waals surface area contributed by atoms with Crippen LogP contribution in [-0.2, 0) is 4.74 Å². The van der Waals surface area contributed by atoms with E-state index in [9.17, 15) is 18.0 Å². The Morgan fingerprint density at radius 3 is 2.70 bits per heavy atom. The highest BCUT2D eigenvalue weighted by Gasteiger charge is 2.27. The summed E-state index contributed by atoms with van der Waals surface area (Å²) in [5, 5.41) is 5.42. The highest BCUT2D eigenvalue weighted by atomic mass is 19.4. The SMILES string of the molecule is CCNc1ccc(C(=O)NCCOCC(F)(F)F)cn1. The maximum Gasteiger partial charge on any atom is 0.411 e. The van der Waals surface area contributed by atoms with Crippen LogP contribution in [-0.4, -0.2) is 43.4 Å². The molecular formula is C12H16F3N3O2. The maximum atomic E-state index is 11.8. The van der Waals surface area contributed by atoms with E-state index in [4.69, 9.17) is 0 Å². The Kier molecular flexibility index (Phi) is 6.23. The normalized spacial score (nSPS) is 11.2. The van der Waals surface area contributed by atoms with Gasteiger partial charge in [-0.25, -0.2) is 4.98 Å². The number of ether oxygens (including phenoxy) is 1. The molecule has 1 aromatic rings. The van der Waals surface area contributed by atoms with Crippen LogP contribution in [0.4, 0.5) is 19.0 Å². The molecule has 1 heterocycles. The first-order valence-corrected chi connectivity index (χ1v) is 6.05. The van der Waals surface area contributed by atoms with Crippen LogP contribution in [0.15, 0.2) is 18.3 Å². The van der Waals surface area contributed by atoms with Gasteiger partial charge in [0.25, 0.3) is 5.91 Å². The third kappa shape index (κ3) is 6.37. The summed E-state index contributed by atoms with van der Waals surface area (Å²) in [7, 11) is 0. The number of nitrogens with zero attached hydrogens (tertiary/aromatic N) is 1. The number of hydrogen-bond acceptors (Lipinski definition) is 4. The van der Waals surface area contributed by atoms with Gasteiger partial charge in [-0.3, -0.25) is 4.79 Å². The summed E-state index contributed by atoms with van der Waals surface area (Å²) < 4.78 is 39.7. The number of anilines is 1. The summed E-state index contributed by atoms with van der Waals surface area (Å²) in [6.07, 6.45) is -2.96. The van der Waals surface area contributed by atoms with E-state index in [1.807, 2.05) is 6.92 Å². The summed E-state index contributed by atoms with van der Waals surface area (Å²) in [6.45, 7) is 1.12. The number of alkyl halides is 3. The Morgan fingerprint density at radius 2 is 2.15 bits per heavy atom. The van der Waals surface area contributed by atoms with Gasteiger partial charge >= 0.3 is 6.18 Å². The predicted octanol–water partition coefficient (Wildman–Crippen LogP) is 1.82. The van der Waals surface area contributed by atoms with Crippen LogP contribution in [0, 0.1) is 0 Å². The van der Waals surface area contributed by atoms with Crippen molar-refractivity contribution < 1.29 is 22.7 Å². The third-order valence-electron chi connectivity index (χ3n) is 2.18. The second-order valence-electron chi connectivity index (χ2n) is 3.89. The molecule has 0 saturated carbocycles. The number of amides is 1. The Bertz CT molecular complexity index is 421. The number of nitrogens with one attached hydrogen (secondary N) is 2. The van der Waals surface area contributed by atoms with Crippen molar-refractivity contribution in [1.29, 1.82) is 0 Å². The molecule has 1 rings (SSSR count). The molecule has 1 aromatic heterocycles. The molecule has 1 amide bonds. The van der Waals surface area contributed by atoms with Crippen molar-refractivity contribution in [3.63, 3.8) is 0 Å². The third-order valence-corrected chi connectivity index (χ3v) is 2.18. The lowest BCUT2D eigenvalue weighted by Gasteiger charge is -2.08. The minimum absolute atomic E-state index is 0.00384. The monoisotopic (exact) mass is 291 g/mol. The van der Waals surface area contributed by atoms with Crippen molar-refractivity contribution >= 4 is 11.7 Å². The van der Waals surface area contributed by atoms with Crippen molar-refractivity contribution in [1.82, 2.24) is 10.3 Å². The van der Waals surface area contributed by atoms with Crippen molar-refractivity contribution in [2.45, 2.75) is 13.1 Å². The Hall–Kier alpha value is -1.83. The van der Waals surface area contributed by atoms with Crippen LogP contribution >= 0.6 is 0 Å². The van der Waals surface area contributed by atoms with Crippen molar-refractivity contribution in [3.8, 4) is 0 Å². The quantitative estimate of drug-likeness (QED) is 0.752. The maximum absolute atomic E-state index is 11.8. The smallest absolute Gasteiger partial charge is 0.370 e. The van der Waals surface area contributed by atoms with E-state index in [1.165, 1.54) is 6.20 Å². The van der Waals surface area contributed by atoms with Gasteiger partial charge in [0.1, 0.15) is 12.4 Å². The lowest BCUT2D eigenvalue weighted by atomic mass is 10.2. The molecule has 0 aliphatic heterocycles. The van der Waals surface area contributed by atoms with Gasteiger partial charge in [0.05, 0.1) is 12.2 Å². The van der Waals surface area contributed by atoms with Crippen LogP contribution < -0.4 is 10.6 Å². The molecule has 2 N–H and O–H groups in total. The lowest BCUT2D eigenvalue weighted by Crippen LogP contribution is -2.29. The van der Waals surface area contributed by atoms with E-state index < -0.39 is 18.7 Å². The number of pyridine rings is 1. The number of rotatable bonds is 7. The molecule has 0 aliphatic carbocycles. The van der Waals surface area contributed by atoms with E-state index in [-0.39, 0.29) is 13.2 Å². The first kappa shape index (κ1) is 16.2. The highest BCUT2D eigenvalue weighted by Crippen LogP contribution is 2.13. The zero-order chi connectivity index (χ0) is 15.0. The Morgan fingerprint density at radius 1 is 1.40 bits per heavy atom. The number of hydrogen-bond donors (Lipinski definition) is 2. The summed E-state index contributed by atoms with van der Waals surface area (Å²) in [5.74, 6) is 0.244. The predicted molar refractivity (Wildman–Crippen MR) is 67.6 cm³/mol. The van der Waals surface area contributed by atoms with Gasteiger partial charge in [0.2, 0.25) is 0 Å². The van der Waals surface area contributed by atoms with E-state index >= 15 is 0 Å². The second-order valence-corrected chi connectivity index (χ2v) is 3.89. The fourth-order valence-corrected chi connectivity index (χ4v) is 1.34. The van der Waals surface area contributed by atoms with Gasteiger partial charge in [0, 0.05) is 19.3 Å². The fraction of sp³-hybridized carbons (Fsp3) is 0.500. The van der Waals surface area contributed by atoms with Gasteiger partial charge in [-0.05, 0) is 19.1 Å². The van der Waals surface area contributed by atoms with Crippen LogP contribution in [0.5, 0.6) is 0 Å². The zero-order valence-corrected chi connectivity index (χ0v) is 11.0. The molecule has 8 heteroatoms. The highest BCUT2D eigenvalue weighted by molar-refractivity contribution is 5.94. The zero-order valence-electron chi connectivity index (χ0n) is 11.0. The molecule has 112 valence electrons. The largest absolute Gasteiger partial charge is 0.411 e. The lowest BCUT2D eigenvalue weighted by molar-refractivity contribution is -0.173. The van der Waals surface area contributed by atoms with Crippen LogP contribution in [0.1, 0.15) is 17.3 Å². The van der Waals surface area contributed by atoms with E-state index in [2.05, 4.69) is 20.4 Å². The minimum Gasteiger partial charge on any atom is -0.370 e. The molecule has 0 aliphatic rings. The molecule has 20 heavy (non-hydrogen) atoms. The molecular weight excluding hydrogens is 275 g/mol. The molecule has 0 aromatic carbocycles. The van der Waals surface area contributed by atoms with E-state index in [0.717, 1.165) is 6.54 Å². The molecule has 0 radical (unpaired) electrons. The van der Waals surface area contributed by atoms with Crippen molar-refractivity contribution in [3.05, 3.63) is 23.9 Å². The number of halogens is 3. The van der Waals surface area contributed by atoms with Crippen LogP contribution in [0.25, 0.3) is 0 Å². The van der Waals surface area contributed by atoms with Crippen molar-refractivity contribution in [2.75, 3.05) is 31.6 Å². The first-order chi connectivity index (χ1) is 9.42. The number of carbonyl (C=O) groups excluding carboxylic acids is 1. The number of carbonyl (C=O) groups is 1. The molecule has 0 bridgehead atoms. The first-order valence-electron chi connectivity index (χ1n) is 6.05. The standard InChI is InChI=1S/C12H16F3N3O2/c1-2-16-10-4-3-9(7-18-10)11(19)17-5-6-20-8-12(13,14)15/h3-4,7H,2,5-6,8H2,1H3,(H,16,18)(H,17,19). The molecule has 0 atom stereocenters. The van der Waals surface area contributed by atoms with Crippen LogP contribution in [0.2, 0.25) is 0 Å². The summed E-state index contributed by atoms with van der Waals surface area (Å²) in [4.78, 5) is 15.6. The average molecular weight is 291 g/mol. The summed E-state index contributed by atoms with van der Waals surface area (Å²) >= 11 is 0. The summed E-state index contributed by atoms with van der Waals surface area (Å²) in [6, 6.07) is 3.23. The molecule has 0 saturated heterocycles. The second kappa shape index (κ2) is 7.68. The van der Waals surface area contributed by atoms with E-state index in [0.29, 0.717) is 11.4 Å². The average Bonchev–Trinajstić information content (AvgIpc) is 2.38. The van der Waals surface area contributed by atoms with Gasteiger partial charge in [-0.2, -0.15) is 13.2 Å². The van der Waals surface area contributed by atoms with E-state index in [1.54, 1.807) is 12.1 Å². The van der Waals surface area contributed by atoms with Gasteiger partial charge in [-0.15, -0.1) is 0 Å². The van der Waals surface area contributed by atoms with Gasteiger partial charge in [0.15, 0.2) is 0 Å². The molecule has 0 spiro atoms. The van der Waals surface area contributed by atoms with Crippen molar-refractivity contribution in [2.24, 2.45) is 0 Å². The minimum atomic E-state index is -4.35. The fourth-order valence-electron chi connectivity index (χ4n) is 1.34. The Labute approximate surface area is 114 Å². The Balaban J connectivity index is 2.28.